The quantitative estimate of drug-likeness (QED) is 0.0768. The van der Waals surface area contributed by atoms with E-state index in [1.807, 2.05) is 0 Å². The van der Waals surface area contributed by atoms with Gasteiger partial charge >= 0.3 is 0 Å². The standard InChI is InChI=1S/2C13H25O5.Rf/c2*1-15-10-12(14)4-8-16-6-2-3-7-17-9-5-13-11-18-13;/h2*12-14H,1-11H2;/q2*-1;. The van der Waals surface area contributed by atoms with Crippen LogP contribution in [0.15, 0.2) is 0 Å². The molecule has 218 valence electrons. The first-order chi connectivity index (χ1) is 17.7. The molecule has 2 heterocycles. The summed E-state index contributed by atoms with van der Waals surface area (Å²) in [5, 5.41) is 18.6. The first-order valence-electron chi connectivity index (χ1n) is 13.3. The maximum absolute atomic E-state index is 9.32. The van der Waals surface area contributed by atoms with Gasteiger partial charge in [-0.3, -0.25) is 0 Å². The Morgan fingerprint density at radius 1 is 0.595 bits per heavy atom. The Hall–Kier alpha value is -1.40. The summed E-state index contributed by atoms with van der Waals surface area (Å²) in [6.07, 6.45) is 7.18. The van der Waals surface area contributed by atoms with Crippen LogP contribution in [0.4, 0.5) is 0 Å². The number of ether oxygens (including phenoxy) is 8. The van der Waals surface area contributed by atoms with Crippen LogP contribution >= 0.6 is 0 Å². The van der Waals surface area contributed by atoms with E-state index in [2.05, 4.69) is 23.7 Å². The largest absolute Gasteiger partial charge is 0.553 e. The predicted molar refractivity (Wildman–Crippen MR) is 134 cm³/mol. The normalized spacial score (nSPS) is 19.5. The van der Waals surface area contributed by atoms with E-state index in [0.717, 1.165) is 78.2 Å². The van der Waals surface area contributed by atoms with Gasteiger partial charge in [-0.15, -0.1) is 0 Å². The average molecular weight is 790 g/mol. The molecule has 0 radical (unpaired) electrons. The van der Waals surface area contributed by atoms with Crippen LogP contribution in [0, 0.1) is 14.2 Å². The van der Waals surface area contributed by atoms with E-state index >= 15 is 0 Å². The maximum atomic E-state index is 9.32. The van der Waals surface area contributed by atoms with Crippen LogP contribution in [0.25, 0.3) is 0 Å². The Labute approximate surface area is 217 Å². The molecule has 0 saturated carbocycles. The second-order valence-corrected chi connectivity index (χ2v) is 8.98. The molecule has 0 amide bonds. The Kier molecular flexibility index (Phi) is 25.2. The molecule has 2 aliphatic heterocycles. The molecule has 0 aromatic rings. The van der Waals surface area contributed by atoms with Gasteiger partial charge in [0.15, 0.2) is 0 Å². The van der Waals surface area contributed by atoms with Crippen molar-refractivity contribution in [3.05, 3.63) is 14.2 Å². The van der Waals surface area contributed by atoms with E-state index in [1.54, 1.807) is 0 Å². The summed E-state index contributed by atoms with van der Waals surface area (Å²) in [7, 11) is 6.42. The minimum Gasteiger partial charge on any atom is -0.553 e. The monoisotopic (exact) mass is 789 g/mol. The Bertz CT molecular complexity index is 415. The third-order valence-electron chi connectivity index (χ3n) is 5.44. The van der Waals surface area contributed by atoms with Gasteiger partial charge in [0.25, 0.3) is 0 Å². The van der Waals surface area contributed by atoms with E-state index < -0.39 is 12.2 Å². The average Bonchev–Trinajstić information content (AvgIpc) is 3.78. The van der Waals surface area contributed by atoms with Gasteiger partial charge in [-0.2, -0.15) is 0 Å². The molecule has 0 aliphatic carbocycles. The van der Waals surface area contributed by atoms with Gasteiger partial charge in [-0.05, 0) is 51.4 Å². The number of rotatable bonds is 26. The van der Waals surface area contributed by atoms with Crippen molar-refractivity contribution in [3.63, 3.8) is 0 Å². The number of hydrogen-bond donors (Lipinski definition) is 2. The molecule has 2 aliphatic rings. The molecule has 0 bridgehead atoms. The summed E-state index contributed by atoms with van der Waals surface area (Å²) in [5.74, 6) is 0. The summed E-state index contributed by atoms with van der Waals surface area (Å²) in [6, 6.07) is 0. The van der Waals surface area contributed by atoms with E-state index in [4.69, 9.17) is 28.4 Å². The molecule has 10 nitrogen and oxygen atoms in total. The number of aliphatic hydroxyl groups is 2. The Morgan fingerprint density at radius 3 is 1.22 bits per heavy atom. The van der Waals surface area contributed by atoms with Crippen molar-refractivity contribution in [2.24, 2.45) is 0 Å². The molecule has 11 heteroatoms. The molecule has 0 aromatic heterocycles. The van der Waals surface area contributed by atoms with Crippen LogP contribution in [-0.4, -0.2) is 114 Å². The molecule has 0 spiro atoms. The summed E-state index contributed by atoms with van der Waals surface area (Å²) in [6.45, 7) is 8.05. The molecular weight excluding hydrogens is 739 g/mol. The maximum Gasteiger partial charge on any atom is 0.0831 e. The number of aliphatic hydroxyl groups excluding tert-OH is 2. The van der Waals surface area contributed by atoms with Gasteiger partial charge in [0.05, 0.1) is 37.6 Å². The Balaban J connectivity index is 0.000000682. The smallest absolute Gasteiger partial charge is 0.0831 e. The van der Waals surface area contributed by atoms with Crippen molar-refractivity contribution in [3.8, 4) is 0 Å². The zero-order valence-corrected chi connectivity index (χ0v) is 29.1. The first kappa shape index (κ1) is 35.6. The van der Waals surface area contributed by atoms with Crippen LogP contribution in [0.1, 0.15) is 51.4 Å². The zero-order valence-electron chi connectivity index (χ0n) is 22.7. The number of hydrogen-bond acceptors (Lipinski definition) is 10. The topological polar surface area (TPSA) is 121 Å². The molecule has 4 atom stereocenters. The molecule has 2 fully saturated rings. The minimum atomic E-state index is -0.476. The van der Waals surface area contributed by atoms with E-state index in [0.29, 0.717) is 51.5 Å². The van der Waals surface area contributed by atoms with Gasteiger partial charge in [-0.1, -0.05) is 0 Å². The molecule has 37 heavy (non-hydrogen) atoms. The van der Waals surface area contributed by atoms with Crippen LogP contribution < -0.4 is 0 Å². The van der Waals surface area contributed by atoms with Gasteiger partial charge in [0.2, 0.25) is 0 Å². The second kappa shape index (κ2) is 26.2. The molecule has 2 N–H and O–H groups in total. The fourth-order valence-electron chi connectivity index (χ4n) is 3.00. The molecule has 4 unspecified atom stereocenters. The molecule has 2 rings (SSSR count). The third-order valence-corrected chi connectivity index (χ3v) is 5.44. The first-order valence-corrected chi connectivity index (χ1v) is 13.3. The van der Waals surface area contributed by atoms with E-state index in [-0.39, 0.29) is 13.2 Å². The van der Waals surface area contributed by atoms with Crippen molar-refractivity contribution in [2.45, 2.75) is 75.8 Å². The fourth-order valence-corrected chi connectivity index (χ4v) is 3.00. The zero-order chi connectivity index (χ0) is 26.1. The molecule has 2 saturated heterocycles. The van der Waals surface area contributed by atoms with Gasteiger partial charge in [0, 0.05) is 66.1 Å². The van der Waals surface area contributed by atoms with Crippen molar-refractivity contribution in [2.75, 3.05) is 79.3 Å². The van der Waals surface area contributed by atoms with E-state index in [1.165, 1.54) is 0 Å². The Morgan fingerprint density at radius 2 is 0.919 bits per heavy atom. The van der Waals surface area contributed by atoms with Crippen LogP contribution in [-0.2, 0) is 37.9 Å². The fraction of sp³-hybridized carbons (Fsp3) is 0.923. The van der Waals surface area contributed by atoms with Crippen molar-refractivity contribution in [1.29, 1.82) is 0 Å². The van der Waals surface area contributed by atoms with Crippen molar-refractivity contribution < 1.29 is 48.1 Å². The SMILES string of the molecule is [CH2-]OCC(O)CCOCCCCOCCC1CO1.[CH2-]OCC(O)CCOCCCCOCCC1CO1.[Rf]. The predicted octanol–water partition coefficient (Wildman–Crippen LogP) is 2.30. The summed E-state index contributed by atoms with van der Waals surface area (Å²) >= 11 is 0. The summed E-state index contributed by atoms with van der Waals surface area (Å²) in [5.41, 5.74) is 0. The van der Waals surface area contributed by atoms with Crippen LogP contribution in [0.5, 0.6) is 0 Å². The third kappa shape index (κ3) is 27.5. The van der Waals surface area contributed by atoms with Crippen molar-refractivity contribution in [1.82, 2.24) is 0 Å². The van der Waals surface area contributed by atoms with Crippen LogP contribution in [0.2, 0.25) is 0 Å². The summed E-state index contributed by atoms with van der Waals surface area (Å²) in [4.78, 5) is 0. The van der Waals surface area contributed by atoms with Crippen LogP contribution in [0.3, 0.4) is 0 Å². The minimum absolute atomic E-state index is 0. The van der Waals surface area contributed by atoms with E-state index in [9.17, 15) is 10.2 Å². The molecule has 0 aromatic carbocycles. The second-order valence-electron chi connectivity index (χ2n) is 8.98. The number of epoxide rings is 2. The van der Waals surface area contributed by atoms with Gasteiger partial charge in [0.1, 0.15) is 0 Å². The van der Waals surface area contributed by atoms with Gasteiger partial charge in [-0.25, -0.2) is 14.2 Å². The number of unbranched alkanes of at least 4 members (excludes halogenated alkanes) is 2. The molecular formula is C26H50O10Rf-2. The summed E-state index contributed by atoms with van der Waals surface area (Å²) < 4.78 is 41.0. The van der Waals surface area contributed by atoms with Gasteiger partial charge < -0.3 is 48.1 Å². The van der Waals surface area contributed by atoms with Crippen molar-refractivity contribution >= 4 is 0 Å².